The summed E-state index contributed by atoms with van der Waals surface area (Å²) >= 11 is 0. The van der Waals surface area contributed by atoms with Crippen molar-refractivity contribution in [2.45, 2.75) is 32.2 Å². The number of anilines is 1. The van der Waals surface area contributed by atoms with Gasteiger partial charge in [0.05, 0.1) is 6.54 Å². The van der Waals surface area contributed by atoms with Crippen molar-refractivity contribution >= 4 is 12.0 Å². The van der Waals surface area contributed by atoms with E-state index in [0.717, 1.165) is 37.9 Å². The molecule has 1 aliphatic heterocycles. The molecule has 0 amide bonds. The summed E-state index contributed by atoms with van der Waals surface area (Å²) in [5.41, 5.74) is 2.13. The molecule has 0 bridgehead atoms. The summed E-state index contributed by atoms with van der Waals surface area (Å²) in [4.78, 5) is 19.4. The highest BCUT2D eigenvalue weighted by atomic mass is 16.5. The zero-order valence-electron chi connectivity index (χ0n) is 14.7. The van der Waals surface area contributed by atoms with Crippen molar-refractivity contribution in [2.75, 3.05) is 31.6 Å². The maximum absolute atomic E-state index is 10.9. The lowest BCUT2D eigenvalue weighted by atomic mass is 10.1. The third-order valence-corrected chi connectivity index (χ3v) is 4.70. The van der Waals surface area contributed by atoms with Crippen molar-refractivity contribution in [3.63, 3.8) is 0 Å². The van der Waals surface area contributed by atoms with Crippen LogP contribution in [0.4, 0.5) is 6.01 Å². The fraction of sp³-hybridized carbons (Fsp3) is 0.500. The van der Waals surface area contributed by atoms with E-state index in [-0.39, 0.29) is 12.6 Å². The van der Waals surface area contributed by atoms with Gasteiger partial charge >= 0.3 is 12.0 Å². The van der Waals surface area contributed by atoms with E-state index in [0.29, 0.717) is 11.8 Å². The van der Waals surface area contributed by atoms with Crippen LogP contribution in [0.3, 0.4) is 0 Å². The molecule has 2 heterocycles. The number of rotatable bonds is 5. The Morgan fingerprint density at radius 3 is 2.80 bits per heavy atom. The summed E-state index contributed by atoms with van der Waals surface area (Å²) < 4.78 is 5.46. The molecule has 7 nitrogen and oxygen atoms in total. The average molecular weight is 344 g/mol. The van der Waals surface area contributed by atoms with Crippen LogP contribution in [-0.2, 0) is 4.79 Å². The summed E-state index contributed by atoms with van der Waals surface area (Å²) in [5, 5.41) is 13.1. The van der Waals surface area contributed by atoms with E-state index >= 15 is 0 Å². The van der Waals surface area contributed by atoms with E-state index in [4.69, 9.17) is 9.63 Å². The van der Waals surface area contributed by atoms with Gasteiger partial charge in [0.2, 0.25) is 5.82 Å². The van der Waals surface area contributed by atoms with Crippen LogP contribution in [0.2, 0.25) is 0 Å². The van der Waals surface area contributed by atoms with Gasteiger partial charge in [0.15, 0.2) is 0 Å². The highest BCUT2D eigenvalue weighted by Gasteiger charge is 2.24. The number of hydrogen-bond acceptors (Lipinski definition) is 6. The number of carbonyl (C=O) groups is 1. The van der Waals surface area contributed by atoms with Crippen LogP contribution < -0.4 is 4.90 Å². The normalized spacial score (nSPS) is 18.4. The molecule has 1 fully saturated rings. The van der Waals surface area contributed by atoms with Crippen LogP contribution in [0, 0.1) is 6.92 Å². The first-order valence-corrected chi connectivity index (χ1v) is 8.60. The molecule has 0 aliphatic carbocycles. The first-order chi connectivity index (χ1) is 12.0. The Bertz CT molecular complexity index is 713. The van der Waals surface area contributed by atoms with Crippen molar-refractivity contribution < 1.29 is 14.4 Å². The Hall–Kier alpha value is -2.41. The number of aromatic nitrogens is 2. The largest absolute Gasteiger partial charge is 0.480 e. The summed E-state index contributed by atoms with van der Waals surface area (Å²) in [5.74, 6) is -0.193. The van der Waals surface area contributed by atoms with Gasteiger partial charge in [-0.1, -0.05) is 35.0 Å². The standard InChI is InChI=1S/C18H24N4O3/c1-13-5-7-14(8-6-13)17-19-18(25-20-17)22-10-3-4-15(9-11-22)21(2)12-16(23)24/h5-8,15H,3-4,9-12H2,1-2H3,(H,23,24). The van der Waals surface area contributed by atoms with Crippen molar-refractivity contribution in [3.8, 4) is 11.4 Å². The maximum atomic E-state index is 10.9. The van der Waals surface area contributed by atoms with Crippen LogP contribution in [0.5, 0.6) is 0 Å². The van der Waals surface area contributed by atoms with E-state index in [1.807, 2.05) is 43.1 Å². The molecule has 1 aromatic carbocycles. The smallest absolute Gasteiger partial charge is 0.324 e. The molecule has 0 radical (unpaired) electrons. The Morgan fingerprint density at radius 2 is 2.08 bits per heavy atom. The lowest BCUT2D eigenvalue weighted by Gasteiger charge is -2.25. The zero-order chi connectivity index (χ0) is 17.8. The third kappa shape index (κ3) is 4.36. The molecule has 0 saturated carbocycles. The van der Waals surface area contributed by atoms with E-state index in [1.165, 1.54) is 5.56 Å². The Morgan fingerprint density at radius 1 is 1.32 bits per heavy atom. The van der Waals surface area contributed by atoms with Gasteiger partial charge in [0.1, 0.15) is 0 Å². The summed E-state index contributed by atoms with van der Waals surface area (Å²) in [6.45, 7) is 3.74. The topological polar surface area (TPSA) is 82.7 Å². The first-order valence-electron chi connectivity index (χ1n) is 8.60. The van der Waals surface area contributed by atoms with Crippen LogP contribution >= 0.6 is 0 Å². The van der Waals surface area contributed by atoms with E-state index < -0.39 is 5.97 Å². The lowest BCUT2D eigenvalue weighted by molar-refractivity contribution is -0.138. The Balaban J connectivity index is 1.65. The quantitative estimate of drug-likeness (QED) is 0.892. The predicted octanol–water partition coefficient (Wildman–Crippen LogP) is 2.42. The second kappa shape index (κ2) is 7.65. The molecule has 1 aliphatic rings. The van der Waals surface area contributed by atoms with Crippen molar-refractivity contribution in [2.24, 2.45) is 0 Å². The minimum absolute atomic E-state index is 0.0722. The molecule has 2 aromatic rings. The maximum Gasteiger partial charge on any atom is 0.324 e. The summed E-state index contributed by atoms with van der Waals surface area (Å²) in [6, 6.07) is 8.84. The third-order valence-electron chi connectivity index (χ3n) is 4.70. The fourth-order valence-electron chi connectivity index (χ4n) is 3.22. The number of carboxylic acids is 1. The monoisotopic (exact) mass is 344 g/mol. The van der Waals surface area contributed by atoms with Crippen molar-refractivity contribution in [3.05, 3.63) is 29.8 Å². The second-order valence-electron chi connectivity index (χ2n) is 6.65. The molecule has 25 heavy (non-hydrogen) atoms. The minimum atomic E-state index is -0.789. The van der Waals surface area contributed by atoms with E-state index in [1.54, 1.807) is 0 Å². The van der Waals surface area contributed by atoms with Gasteiger partial charge in [0, 0.05) is 24.7 Å². The lowest BCUT2D eigenvalue weighted by Crippen LogP contribution is -2.36. The Labute approximate surface area is 147 Å². The van der Waals surface area contributed by atoms with Crippen LogP contribution in [-0.4, -0.2) is 58.8 Å². The van der Waals surface area contributed by atoms with Gasteiger partial charge < -0.3 is 14.5 Å². The first kappa shape index (κ1) is 17.4. The molecule has 1 atom stereocenters. The second-order valence-corrected chi connectivity index (χ2v) is 6.65. The van der Waals surface area contributed by atoms with Crippen molar-refractivity contribution in [1.82, 2.24) is 15.0 Å². The predicted molar refractivity (Wildman–Crippen MR) is 94.6 cm³/mol. The number of hydrogen-bond donors (Lipinski definition) is 1. The molecule has 1 aromatic heterocycles. The minimum Gasteiger partial charge on any atom is -0.480 e. The SMILES string of the molecule is Cc1ccc(-c2noc(N3CCCC(N(C)CC(=O)O)CC3)n2)cc1. The van der Waals surface area contributed by atoms with Crippen LogP contribution in [0.1, 0.15) is 24.8 Å². The van der Waals surface area contributed by atoms with Crippen LogP contribution in [0.25, 0.3) is 11.4 Å². The zero-order valence-corrected chi connectivity index (χ0v) is 14.7. The summed E-state index contributed by atoms with van der Waals surface area (Å²) in [7, 11) is 1.87. The molecule has 1 unspecified atom stereocenters. The summed E-state index contributed by atoms with van der Waals surface area (Å²) in [6.07, 6.45) is 2.82. The van der Waals surface area contributed by atoms with Gasteiger partial charge in [-0.3, -0.25) is 9.69 Å². The number of nitrogens with zero attached hydrogens (tertiary/aromatic N) is 4. The Kier molecular flexibility index (Phi) is 5.33. The van der Waals surface area contributed by atoms with Crippen LogP contribution in [0.15, 0.2) is 28.8 Å². The van der Waals surface area contributed by atoms with Gasteiger partial charge in [-0.2, -0.15) is 4.98 Å². The number of aliphatic carboxylic acids is 1. The highest BCUT2D eigenvalue weighted by Crippen LogP contribution is 2.23. The molecule has 0 spiro atoms. The highest BCUT2D eigenvalue weighted by molar-refractivity contribution is 5.69. The average Bonchev–Trinajstić information content (AvgIpc) is 2.92. The van der Waals surface area contributed by atoms with Gasteiger partial charge in [-0.05, 0) is 33.2 Å². The fourth-order valence-corrected chi connectivity index (χ4v) is 3.22. The van der Waals surface area contributed by atoms with E-state index in [9.17, 15) is 4.79 Å². The number of aryl methyl sites for hydroxylation is 1. The number of benzene rings is 1. The molecular weight excluding hydrogens is 320 g/mol. The molecule has 7 heteroatoms. The number of carboxylic acid groups (broad SMARTS) is 1. The number of likely N-dealkylation sites (N-methyl/N-ethyl adjacent to an activating group) is 1. The van der Waals surface area contributed by atoms with Gasteiger partial charge in [-0.25, -0.2) is 0 Å². The van der Waals surface area contributed by atoms with Crippen molar-refractivity contribution in [1.29, 1.82) is 0 Å². The molecule has 1 N–H and O–H groups in total. The molecule has 1 saturated heterocycles. The van der Waals surface area contributed by atoms with Gasteiger partial charge in [-0.15, -0.1) is 0 Å². The molecular formula is C18H24N4O3. The molecule has 134 valence electrons. The van der Waals surface area contributed by atoms with Gasteiger partial charge in [0.25, 0.3) is 0 Å². The van der Waals surface area contributed by atoms with E-state index in [2.05, 4.69) is 15.0 Å². The molecule has 3 rings (SSSR count).